The van der Waals surface area contributed by atoms with Crippen LogP contribution < -0.4 is 10.1 Å². The second-order valence-electron chi connectivity index (χ2n) is 4.86. The molecule has 1 amide bonds. The summed E-state index contributed by atoms with van der Waals surface area (Å²) < 4.78 is 40.6. The lowest BCUT2D eigenvalue weighted by Crippen LogP contribution is -2.37. The molecule has 112 valence electrons. The van der Waals surface area contributed by atoms with Crippen LogP contribution in [0.25, 0.3) is 0 Å². The Morgan fingerprint density at radius 1 is 1.30 bits per heavy atom. The summed E-state index contributed by atoms with van der Waals surface area (Å²) in [6.07, 6.45) is -4.77. The largest absolute Gasteiger partial charge is 0.573 e. The van der Waals surface area contributed by atoms with E-state index in [0.29, 0.717) is 0 Å². The molecule has 0 saturated heterocycles. The average molecular weight is 310 g/mol. The molecule has 1 rings (SSSR count). The summed E-state index contributed by atoms with van der Waals surface area (Å²) in [6.45, 7) is 3.23. The Balaban J connectivity index is 2.76. The van der Waals surface area contributed by atoms with Gasteiger partial charge in [0.1, 0.15) is 5.75 Å². The Bertz CT molecular complexity index is 475. The maximum Gasteiger partial charge on any atom is 0.573 e. The number of rotatable bonds is 5. The molecular formula is C13H15ClF3NO2. The molecule has 0 saturated carbocycles. The minimum Gasteiger partial charge on any atom is -0.405 e. The summed E-state index contributed by atoms with van der Waals surface area (Å²) in [5, 5.41) is 2.55. The van der Waals surface area contributed by atoms with Crippen molar-refractivity contribution in [2.45, 2.75) is 26.8 Å². The first-order chi connectivity index (χ1) is 9.15. The van der Waals surface area contributed by atoms with Crippen molar-refractivity contribution in [1.82, 2.24) is 5.32 Å². The van der Waals surface area contributed by atoms with Crippen LogP contribution >= 0.6 is 11.6 Å². The lowest BCUT2D eigenvalue weighted by Gasteiger charge is -2.21. The van der Waals surface area contributed by atoms with Crippen LogP contribution in [-0.4, -0.2) is 18.1 Å². The summed E-state index contributed by atoms with van der Waals surface area (Å²) in [5.74, 6) is -0.558. The number of alkyl halides is 4. The van der Waals surface area contributed by atoms with Gasteiger partial charge in [0.15, 0.2) is 0 Å². The van der Waals surface area contributed by atoms with Crippen molar-refractivity contribution in [3.05, 3.63) is 29.8 Å². The van der Waals surface area contributed by atoms with Crippen molar-refractivity contribution in [2.24, 2.45) is 5.41 Å². The van der Waals surface area contributed by atoms with Crippen LogP contribution in [0.1, 0.15) is 19.4 Å². The second kappa shape index (κ2) is 6.35. The Hall–Kier alpha value is -1.43. The molecule has 0 heterocycles. The summed E-state index contributed by atoms with van der Waals surface area (Å²) >= 11 is 5.65. The second-order valence-corrected chi connectivity index (χ2v) is 5.12. The lowest BCUT2D eigenvalue weighted by molar-refractivity contribution is -0.274. The zero-order chi connectivity index (χ0) is 15.4. The van der Waals surface area contributed by atoms with Gasteiger partial charge < -0.3 is 10.1 Å². The third kappa shape index (κ3) is 4.92. The Kier molecular flexibility index (Phi) is 5.28. The van der Waals surface area contributed by atoms with Crippen LogP contribution in [0.2, 0.25) is 0 Å². The number of amides is 1. The van der Waals surface area contributed by atoms with E-state index in [9.17, 15) is 18.0 Å². The fraction of sp³-hybridized carbons (Fsp3) is 0.462. The standard InChI is InChI=1S/C13H15ClF3NO2/c1-12(2,8-14)11(19)18-7-9-5-3-4-6-10(9)20-13(15,16)17/h3-6H,7-8H2,1-2H3,(H,18,19). The molecule has 0 aromatic heterocycles. The molecule has 20 heavy (non-hydrogen) atoms. The van der Waals surface area contributed by atoms with Gasteiger partial charge in [-0.3, -0.25) is 4.79 Å². The van der Waals surface area contributed by atoms with E-state index in [-0.39, 0.29) is 29.6 Å². The fourth-order valence-corrected chi connectivity index (χ4v) is 1.47. The van der Waals surface area contributed by atoms with Crippen molar-refractivity contribution < 1.29 is 22.7 Å². The number of halogens is 4. The molecule has 0 aliphatic heterocycles. The van der Waals surface area contributed by atoms with Crippen molar-refractivity contribution in [1.29, 1.82) is 0 Å². The molecule has 7 heteroatoms. The van der Waals surface area contributed by atoms with Crippen molar-refractivity contribution >= 4 is 17.5 Å². The van der Waals surface area contributed by atoms with E-state index in [4.69, 9.17) is 11.6 Å². The number of carbonyl (C=O) groups excluding carboxylic acids is 1. The van der Waals surface area contributed by atoms with Gasteiger partial charge in [0.05, 0.1) is 5.41 Å². The minimum absolute atomic E-state index is 0.0641. The molecule has 1 aromatic rings. The fourth-order valence-electron chi connectivity index (χ4n) is 1.35. The van der Waals surface area contributed by atoms with Crippen molar-refractivity contribution in [3.8, 4) is 5.75 Å². The van der Waals surface area contributed by atoms with E-state index in [1.807, 2.05) is 0 Å². The van der Waals surface area contributed by atoms with E-state index in [2.05, 4.69) is 10.1 Å². The van der Waals surface area contributed by atoms with Gasteiger partial charge in [-0.05, 0) is 19.9 Å². The summed E-state index contributed by atoms with van der Waals surface area (Å²) in [5.41, 5.74) is -0.551. The van der Waals surface area contributed by atoms with Gasteiger partial charge in [0.2, 0.25) is 5.91 Å². The number of ether oxygens (including phenoxy) is 1. The monoisotopic (exact) mass is 309 g/mol. The van der Waals surface area contributed by atoms with Gasteiger partial charge in [0, 0.05) is 18.0 Å². The third-order valence-electron chi connectivity index (χ3n) is 2.59. The Morgan fingerprint density at radius 3 is 2.45 bits per heavy atom. The molecule has 0 atom stereocenters. The number of carbonyl (C=O) groups is 1. The van der Waals surface area contributed by atoms with Gasteiger partial charge in [-0.2, -0.15) is 0 Å². The smallest absolute Gasteiger partial charge is 0.405 e. The molecule has 0 radical (unpaired) electrons. The van der Waals surface area contributed by atoms with Crippen LogP contribution in [0.5, 0.6) is 5.75 Å². The zero-order valence-corrected chi connectivity index (χ0v) is 11.8. The maximum atomic E-state index is 12.2. The van der Waals surface area contributed by atoms with Crippen LogP contribution in [-0.2, 0) is 11.3 Å². The van der Waals surface area contributed by atoms with Gasteiger partial charge in [-0.1, -0.05) is 18.2 Å². The topological polar surface area (TPSA) is 38.3 Å². The molecular weight excluding hydrogens is 295 g/mol. The highest BCUT2D eigenvalue weighted by atomic mass is 35.5. The normalized spacial score (nSPS) is 12.1. The van der Waals surface area contributed by atoms with Crippen LogP contribution in [0.4, 0.5) is 13.2 Å². The van der Waals surface area contributed by atoms with E-state index in [0.717, 1.165) is 0 Å². The van der Waals surface area contributed by atoms with E-state index in [1.54, 1.807) is 19.9 Å². The highest BCUT2D eigenvalue weighted by Crippen LogP contribution is 2.26. The minimum atomic E-state index is -4.77. The van der Waals surface area contributed by atoms with Crippen molar-refractivity contribution in [2.75, 3.05) is 5.88 Å². The molecule has 0 unspecified atom stereocenters. The summed E-state index contributed by atoms with van der Waals surface area (Å²) in [4.78, 5) is 11.8. The summed E-state index contributed by atoms with van der Waals surface area (Å²) in [6, 6.07) is 5.64. The molecule has 0 fully saturated rings. The number of para-hydroxylation sites is 1. The number of hydrogen-bond donors (Lipinski definition) is 1. The number of benzene rings is 1. The quantitative estimate of drug-likeness (QED) is 0.846. The lowest BCUT2D eigenvalue weighted by atomic mass is 9.95. The maximum absolute atomic E-state index is 12.2. The third-order valence-corrected chi connectivity index (χ3v) is 3.25. The number of hydrogen-bond acceptors (Lipinski definition) is 2. The molecule has 3 nitrogen and oxygen atoms in total. The first kappa shape index (κ1) is 16.6. The van der Waals surface area contributed by atoms with Crippen LogP contribution in [0, 0.1) is 5.41 Å². The van der Waals surface area contributed by atoms with E-state index in [1.165, 1.54) is 18.2 Å². The van der Waals surface area contributed by atoms with Crippen LogP contribution in [0.3, 0.4) is 0 Å². The van der Waals surface area contributed by atoms with E-state index >= 15 is 0 Å². The molecule has 0 aliphatic rings. The van der Waals surface area contributed by atoms with Crippen molar-refractivity contribution in [3.63, 3.8) is 0 Å². The average Bonchev–Trinajstić information content (AvgIpc) is 2.35. The first-order valence-electron chi connectivity index (χ1n) is 5.83. The van der Waals surface area contributed by atoms with E-state index < -0.39 is 11.8 Å². The predicted molar refractivity (Wildman–Crippen MR) is 69.5 cm³/mol. The van der Waals surface area contributed by atoms with Crippen LogP contribution in [0.15, 0.2) is 24.3 Å². The molecule has 0 spiro atoms. The predicted octanol–water partition coefficient (Wildman–Crippen LogP) is 3.47. The SMILES string of the molecule is CC(C)(CCl)C(=O)NCc1ccccc1OC(F)(F)F. The molecule has 1 N–H and O–H groups in total. The molecule has 0 aliphatic carbocycles. The Labute approximate surface area is 120 Å². The first-order valence-corrected chi connectivity index (χ1v) is 6.37. The number of nitrogens with one attached hydrogen (secondary N) is 1. The Morgan fingerprint density at radius 2 is 1.90 bits per heavy atom. The van der Waals surface area contributed by atoms with Gasteiger partial charge in [0.25, 0.3) is 0 Å². The highest BCUT2D eigenvalue weighted by Gasteiger charge is 2.32. The summed E-state index contributed by atoms with van der Waals surface area (Å²) in [7, 11) is 0. The zero-order valence-electron chi connectivity index (χ0n) is 11.1. The van der Waals surface area contributed by atoms with Gasteiger partial charge in [-0.15, -0.1) is 24.8 Å². The molecule has 0 bridgehead atoms. The molecule has 1 aromatic carbocycles. The van der Waals surface area contributed by atoms with Gasteiger partial charge in [-0.25, -0.2) is 0 Å². The highest BCUT2D eigenvalue weighted by molar-refractivity contribution is 6.19. The van der Waals surface area contributed by atoms with Gasteiger partial charge >= 0.3 is 6.36 Å².